The number of hydrogen-bond acceptors (Lipinski definition) is 3. The molecule has 0 radical (unpaired) electrons. The van der Waals surface area contributed by atoms with E-state index in [9.17, 15) is 18.0 Å². The largest absolute Gasteiger partial charge is 0.416 e. The van der Waals surface area contributed by atoms with E-state index in [1.165, 1.54) is 0 Å². The Balaban J connectivity index is 2.54. The van der Waals surface area contributed by atoms with Gasteiger partial charge in [0.05, 0.1) is 5.56 Å². The molecule has 7 heteroatoms. The number of hydrogen-bond donors (Lipinski definition) is 2. The van der Waals surface area contributed by atoms with Crippen LogP contribution in [0.3, 0.4) is 0 Å². The van der Waals surface area contributed by atoms with E-state index in [2.05, 4.69) is 19.2 Å². The summed E-state index contributed by atoms with van der Waals surface area (Å²) in [4.78, 5) is 13.6. The number of carbonyl (C=O) groups is 1. The molecule has 25 heavy (non-hydrogen) atoms. The number of benzene rings is 1. The zero-order valence-corrected chi connectivity index (χ0v) is 15.1. The molecule has 0 unspecified atom stereocenters. The van der Waals surface area contributed by atoms with Gasteiger partial charge in [-0.2, -0.15) is 13.2 Å². The molecular weight excluding hydrogens is 331 g/mol. The summed E-state index contributed by atoms with van der Waals surface area (Å²) in [6, 6.07) is 2.67. The van der Waals surface area contributed by atoms with Crippen molar-refractivity contribution in [1.82, 2.24) is 5.32 Å². The monoisotopic (exact) mass is 357 g/mol. The number of amides is 1. The number of alkyl halides is 3. The van der Waals surface area contributed by atoms with Crippen LogP contribution in [0.2, 0.25) is 0 Å². The third-order valence-corrected chi connectivity index (χ3v) is 4.88. The minimum Gasteiger partial charge on any atom is -0.368 e. The molecule has 1 aliphatic heterocycles. The number of carbonyl (C=O) groups excluding carboxylic acids is 1. The minimum absolute atomic E-state index is 0.0710. The Morgan fingerprint density at radius 3 is 2.28 bits per heavy atom. The lowest BCUT2D eigenvalue weighted by Crippen LogP contribution is -2.51. The van der Waals surface area contributed by atoms with Crippen LogP contribution in [0.1, 0.15) is 55.1 Å². The van der Waals surface area contributed by atoms with Crippen molar-refractivity contribution < 1.29 is 18.0 Å². The van der Waals surface area contributed by atoms with Crippen molar-refractivity contribution in [2.45, 2.75) is 64.8 Å². The molecule has 0 aliphatic carbocycles. The Kier molecular flexibility index (Phi) is 5.66. The van der Waals surface area contributed by atoms with Crippen molar-refractivity contribution >= 4 is 11.6 Å². The number of rotatable bonds is 4. The van der Waals surface area contributed by atoms with Crippen LogP contribution >= 0.6 is 0 Å². The van der Waals surface area contributed by atoms with Gasteiger partial charge in [0.2, 0.25) is 5.91 Å². The van der Waals surface area contributed by atoms with E-state index in [0.717, 1.165) is 25.0 Å². The molecule has 0 saturated carbocycles. The zero-order chi connectivity index (χ0) is 18.9. The van der Waals surface area contributed by atoms with E-state index in [4.69, 9.17) is 5.73 Å². The van der Waals surface area contributed by atoms with E-state index >= 15 is 0 Å². The molecule has 0 spiro atoms. The molecule has 1 saturated heterocycles. The first-order valence-electron chi connectivity index (χ1n) is 8.58. The van der Waals surface area contributed by atoms with Gasteiger partial charge >= 0.3 is 6.18 Å². The average molecular weight is 357 g/mol. The van der Waals surface area contributed by atoms with Crippen LogP contribution in [0.4, 0.5) is 18.9 Å². The van der Waals surface area contributed by atoms with Crippen molar-refractivity contribution in [2.24, 2.45) is 5.73 Å². The van der Waals surface area contributed by atoms with Crippen LogP contribution in [0, 0.1) is 6.92 Å². The van der Waals surface area contributed by atoms with Crippen LogP contribution in [0.5, 0.6) is 0 Å². The Labute approximate surface area is 146 Å². The summed E-state index contributed by atoms with van der Waals surface area (Å²) in [5, 5.41) is 3.44. The highest BCUT2D eigenvalue weighted by molar-refractivity contribution is 5.96. The van der Waals surface area contributed by atoms with Gasteiger partial charge in [-0.1, -0.05) is 0 Å². The van der Waals surface area contributed by atoms with Crippen LogP contribution < -0.4 is 16.0 Å². The van der Waals surface area contributed by atoms with Crippen LogP contribution in [-0.2, 0) is 6.18 Å². The smallest absolute Gasteiger partial charge is 0.368 e. The van der Waals surface area contributed by atoms with Gasteiger partial charge in [-0.15, -0.1) is 0 Å². The van der Waals surface area contributed by atoms with E-state index in [1.54, 1.807) is 6.92 Å². The number of nitrogens with zero attached hydrogens (tertiary/aromatic N) is 1. The number of nitrogens with two attached hydrogens (primary N) is 1. The predicted molar refractivity (Wildman–Crippen MR) is 92.8 cm³/mol. The Morgan fingerprint density at radius 2 is 1.84 bits per heavy atom. The Hall–Kier alpha value is -1.76. The van der Waals surface area contributed by atoms with Gasteiger partial charge in [0.25, 0.3) is 0 Å². The van der Waals surface area contributed by atoms with Gasteiger partial charge in [0, 0.05) is 35.9 Å². The third-order valence-electron chi connectivity index (χ3n) is 4.88. The highest BCUT2D eigenvalue weighted by Crippen LogP contribution is 2.37. The lowest BCUT2D eigenvalue weighted by molar-refractivity contribution is -0.137. The maximum absolute atomic E-state index is 13.3. The quantitative estimate of drug-likeness (QED) is 0.868. The summed E-state index contributed by atoms with van der Waals surface area (Å²) in [5.74, 6) is -0.840. The fourth-order valence-electron chi connectivity index (χ4n) is 3.83. The van der Waals surface area contributed by atoms with Crippen molar-refractivity contribution in [3.05, 3.63) is 28.8 Å². The third kappa shape index (κ3) is 4.26. The average Bonchev–Trinajstić information content (AvgIpc) is 2.47. The topological polar surface area (TPSA) is 58.4 Å². The van der Waals surface area contributed by atoms with Gasteiger partial charge in [-0.05, 0) is 58.2 Å². The lowest BCUT2D eigenvalue weighted by atomic mass is 9.92. The maximum Gasteiger partial charge on any atom is 0.416 e. The summed E-state index contributed by atoms with van der Waals surface area (Å²) >= 11 is 0. The normalized spacial score (nSPS) is 24.2. The summed E-state index contributed by atoms with van der Waals surface area (Å²) in [7, 11) is 0. The number of primary amides is 1. The molecule has 1 heterocycles. The van der Waals surface area contributed by atoms with E-state index in [-0.39, 0.29) is 23.7 Å². The highest BCUT2D eigenvalue weighted by Gasteiger charge is 2.35. The van der Waals surface area contributed by atoms with Gasteiger partial charge in [-0.3, -0.25) is 4.79 Å². The molecule has 1 amide bonds. The molecule has 4 nitrogen and oxygen atoms in total. The minimum atomic E-state index is -4.53. The standard InChI is InChI=1S/C18H26F3N3O/c1-5-24(14-6-10(2)23-11(3)7-14)16-9-13(18(19,20)21)8-15(12(16)4)17(22)25/h8-11,14,23H,5-7H2,1-4H3,(H2,22,25)/t10-,11-/m1/s1. The fourth-order valence-corrected chi connectivity index (χ4v) is 3.83. The molecule has 1 fully saturated rings. The lowest BCUT2D eigenvalue weighted by Gasteiger charge is -2.41. The molecule has 2 rings (SSSR count). The van der Waals surface area contributed by atoms with Crippen LogP contribution in [-0.4, -0.2) is 30.6 Å². The molecule has 1 aromatic rings. The number of halogens is 3. The van der Waals surface area contributed by atoms with E-state index in [1.807, 2.05) is 11.8 Å². The van der Waals surface area contributed by atoms with E-state index in [0.29, 0.717) is 17.8 Å². The molecule has 1 aliphatic rings. The summed E-state index contributed by atoms with van der Waals surface area (Å²) in [6.07, 6.45) is -2.86. The van der Waals surface area contributed by atoms with Crippen LogP contribution in [0.25, 0.3) is 0 Å². The molecule has 0 aromatic heterocycles. The van der Waals surface area contributed by atoms with Crippen LogP contribution in [0.15, 0.2) is 12.1 Å². The predicted octanol–water partition coefficient (Wildman–Crippen LogP) is 3.47. The molecule has 2 atom stereocenters. The Bertz CT molecular complexity index is 635. The van der Waals surface area contributed by atoms with Crippen molar-refractivity contribution in [2.75, 3.05) is 11.4 Å². The van der Waals surface area contributed by atoms with Gasteiger partial charge in [0.1, 0.15) is 0 Å². The first-order chi connectivity index (χ1) is 11.5. The van der Waals surface area contributed by atoms with Crippen molar-refractivity contribution in [3.63, 3.8) is 0 Å². The molecule has 140 valence electrons. The first-order valence-corrected chi connectivity index (χ1v) is 8.58. The summed E-state index contributed by atoms with van der Waals surface area (Å²) < 4.78 is 39.9. The van der Waals surface area contributed by atoms with Gasteiger partial charge in [0.15, 0.2) is 0 Å². The summed E-state index contributed by atoms with van der Waals surface area (Å²) in [6.45, 7) is 8.28. The second kappa shape index (κ2) is 7.23. The number of anilines is 1. The van der Waals surface area contributed by atoms with Crippen molar-refractivity contribution in [3.8, 4) is 0 Å². The molecular formula is C18H26F3N3O. The molecule has 3 N–H and O–H groups in total. The second-order valence-corrected chi connectivity index (χ2v) is 6.91. The SMILES string of the molecule is CCN(c1cc(C(F)(F)F)cc(C(N)=O)c1C)C1C[C@@H](C)N[C@H](C)C1. The maximum atomic E-state index is 13.3. The van der Waals surface area contributed by atoms with Gasteiger partial charge in [-0.25, -0.2) is 0 Å². The van der Waals surface area contributed by atoms with Crippen molar-refractivity contribution in [1.29, 1.82) is 0 Å². The Morgan fingerprint density at radius 1 is 1.28 bits per heavy atom. The van der Waals surface area contributed by atoms with E-state index < -0.39 is 17.6 Å². The fraction of sp³-hybridized carbons (Fsp3) is 0.611. The number of nitrogens with one attached hydrogen (secondary N) is 1. The van der Waals surface area contributed by atoms with Gasteiger partial charge < -0.3 is 16.0 Å². The zero-order valence-electron chi connectivity index (χ0n) is 15.1. The summed E-state index contributed by atoms with van der Waals surface area (Å²) in [5.41, 5.74) is 5.36. The number of piperidine rings is 1. The molecule has 0 bridgehead atoms. The highest BCUT2D eigenvalue weighted by atomic mass is 19.4. The first kappa shape index (κ1) is 19.6. The molecule has 1 aromatic carbocycles. The second-order valence-electron chi connectivity index (χ2n) is 6.91.